The summed E-state index contributed by atoms with van der Waals surface area (Å²) in [5.41, 5.74) is 4.36. The minimum Gasteiger partial charge on any atom is -0.481 e. The van der Waals surface area contributed by atoms with Crippen LogP contribution in [0, 0.1) is 11.3 Å². The van der Waals surface area contributed by atoms with Crippen LogP contribution in [0.25, 0.3) is 0 Å². The molecule has 2 heterocycles. The normalized spacial score (nSPS) is 26.9. The van der Waals surface area contributed by atoms with Crippen LogP contribution < -0.4 is 5.73 Å². The Morgan fingerprint density at radius 2 is 1.81 bits per heavy atom. The number of rotatable bonds is 3. The number of amides is 3. The van der Waals surface area contributed by atoms with Gasteiger partial charge in [-0.3, -0.25) is 9.59 Å². The number of likely N-dealkylation sites (tertiary alicyclic amines) is 2. The topological polar surface area (TPSA) is 104 Å². The van der Waals surface area contributed by atoms with E-state index in [1.54, 1.807) is 16.7 Å². The zero-order valence-electron chi connectivity index (χ0n) is 12.4. The van der Waals surface area contributed by atoms with Gasteiger partial charge in [-0.05, 0) is 32.1 Å². The van der Waals surface area contributed by atoms with Gasteiger partial charge in [0.05, 0.1) is 5.41 Å². The lowest BCUT2D eigenvalue weighted by Crippen LogP contribution is -2.47. The summed E-state index contributed by atoms with van der Waals surface area (Å²) in [6.45, 7) is 3.65. The van der Waals surface area contributed by atoms with Gasteiger partial charge < -0.3 is 20.6 Å². The Balaban J connectivity index is 1.86. The molecule has 0 spiro atoms. The van der Waals surface area contributed by atoms with Gasteiger partial charge in [-0.25, -0.2) is 4.79 Å². The number of carbonyl (C=O) groups is 3. The SMILES string of the molecule is CC1(C(=O)O)CCN(C(=O)N2CCC(CC(N)=O)CC2)C1. The van der Waals surface area contributed by atoms with Gasteiger partial charge in [-0.15, -0.1) is 0 Å². The molecule has 118 valence electrons. The average Bonchev–Trinajstić information content (AvgIpc) is 2.82. The molecule has 0 saturated carbocycles. The van der Waals surface area contributed by atoms with Gasteiger partial charge in [0, 0.05) is 32.6 Å². The average molecular weight is 297 g/mol. The highest BCUT2D eigenvalue weighted by atomic mass is 16.4. The number of hydrogen-bond donors (Lipinski definition) is 2. The molecule has 2 rings (SSSR count). The Morgan fingerprint density at radius 1 is 1.19 bits per heavy atom. The second kappa shape index (κ2) is 5.91. The third kappa shape index (κ3) is 3.46. The summed E-state index contributed by atoms with van der Waals surface area (Å²) in [6.07, 6.45) is 2.42. The summed E-state index contributed by atoms with van der Waals surface area (Å²) >= 11 is 0. The van der Waals surface area contributed by atoms with Crippen LogP contribution in [-0.4, -0.2) is 59.0 Å². The maximum absolute atomic E-state index is 12.4. The molecule has 2 aliphatic rings. The minimum absolute atomic E-state index is 0.0856. The molecule has 2 fully saturated rings. The number of urea groups is 1. The first-order valence-corrected chi connectivity index (χ1v) is 7.37. The minimum atomic E-state index is -0.849. The number of carboxylic acids is 1. The summed E-state index contributed by atoms with van der Waals surface area (Å²) in [7, 11) is 0. The fraction of sp³-hybridized carbons (Fsp3) is 0.786. The van der Waals surface area contributed by atoms with E-state index in [1.165, 1.54) is 0 Å². The second-order valence-corrected chi connectivity index (χ2v) is 6.42. The summed E-state index contributed by atoms with van der Waals surface area (Å²) in [5.74, 6) is -0.885. The number of piperidine rings is 1. The van der Waals surface area contributed by atoms with Gasteiger partial charge in [0.25, 0.3) is 0 Å². The largest absolute Gasteiger partial charge is 0.481 e. The van der Waals surface area contributed by atoms with Crippen molar-refractivity contribution in [3.8, 4) is 0 Å². The van der Waals surface area contributed by atoms with Crippen molar-refractivity contribution in [1.29, 1.82) is 0 Å². The highest BCUT2D eigenvalue weighted by Gasteiger charge is 2.43. The maximum Gasteiger partial charge on any atom is 0.320 e. The summed E-state index contributed by atoms with van der Waals surface area (Å²) in [5, 5.41) is 9.21. The Hall–Kier alpha value is -1.79. The van der Waals surface area contributed by atoms with E-state index in [4.69, 9.17) is 5.73 Å². The fourth-order valence-corrected chi connectivity index (χ4v) is 3.11. The lowest BCUT2D eigenvalue weighted by molar-refractivity contribution is -0.147. The molecule has 3 amide bonds. The van der Waals surface area contributed by atoms with Gasteiger partial charge in [0.2, 0.25) is 5.91 Å². The molecule has 7 nitrogen and oxygen atoms in total. The van der Waals surface area contributed by atoms with Crippen molar-refractivity contribution < 1.29 is 19.5 Å². The van der Waals surface area contributed by atoms with Crippen molar-refractivity contribution in [1.82, 2.24) is 9.80 Å². The van der Waals surface area contributed by atoms with Crippen LogP contribution in [0.4, 0.5) is 4.79 Å². The molecule has 2 aliphatic heterocycles. The Labute approximate surface area is 124 Å². The predicted molar refractivity (Wildman–Crippen MR) is 75.4 cm³/mol. The third-order valence-corrected chi connectivity index (χ3v) is 4.64. The Kier molecular flexibility index (Phi) is 4.39. The molecule has 3 N–H and O–H groups in total. The molecular formula is C14H23N3O4. The zero-order valence-corrected chi connectivity index (χ0v) is 12.4. The highest BCUT2D eigenvalue weighted by molar-refractivity contribution is 5.79. The number of hydrogen-bond acceptors (Lipinski definition) is 3. The first kappa shape index (κ1) is 15.6. The van der Waals surface area contributed by atoms with E-state index >= 15 is 0 Å². The maximum atomic E-state index is 12.4. The van der Waals surface area contributed by atoms with Crippen molar-refractivity contribution in [3.63, 3.8) is 0 Å². The van der Waals surface area contributed by atoms with E-state index < -0.39 is 11.4 Å². The molecule has 0 aliphatic carbocycles. The van der Waals surface area contributed by atoms with Crippen LogP contribution >= 0.6 is 0 Å². The summed E-state index contributed by atoms with van der Waals surface area (Å²) < 4.78 is 0. The number of nitrogens with two attached hydrogens (primary N) is 1. The van der Waals surface area contributed by atoms with Crippen molar-refractivity contribution in [2.45, 2.75) is 32.6 Å². The van der Waals surface area contributed by atoms with E-state index in [2.05, 4.69) is 0 Å². The molecule has 0 radical (unpaired) electrons. The predicted octanol–water partition coefficient (Wildman–Crippen LogP) is 0.490. The molecule has 1 atom stereocenters. The Bertz CT molecular complexity index is 446. The van der Waals surface area contributed by atoms with E-state index in [-0.39, 0.29) is 24.4 Å². The molecule has 0 bridgehead atoms. The first-order valence-electron chi connectivity index (χ1n) is 7.37. The molecule has 21 heavy (non-hydrogen) atoms. The lowest BCUT2D eigenvalue weighted by Gasteiger charge is -2.34. The smallest absolute Gasteiger partial charge is 0.320 e. The van der Waals surface area contributed by atoms with Crippen LogP contribution in [-0.2, 0) is 9.59 Å². The lowest BCUT2D eigenvalue weighted by atomic mass is 9.90. The molecule has 1 unspecified atom stereocenters. The molecule has 7 heteroatoms. The van der Waals surface area contributed by atoms with Crippen LogP contribution in [0.2, 0.25) is 0 Å². The third-order valence-electron chi connectivity index (χ3n) is 4.64. The van der Waals surface area contributed by atoms with Gasteiger partial charge in [0.1, 0.15) is 0 Å². The quantitative estimate of drug-likeness (QED) is 0.791. The number of nitrogens with zero attached hydrogens (tertiary/aromatic N) is 2. The van der Waals surface area contributed by atoms with E-state index in [0.29, 0.717) is 32.5 Å². The molecule has 0 aromatic heterocycles. The summed E-state index contributed by atoms with van der Waals surface area (Å²) in [6, 6.07) is -0.0856. The fourth-order valence-electron chi connectivity index (χ4n) is 3.11. The van der Waals surface area contributed by atoms with Gasteiger partial charge in [0.15, 0.2) is 0 Å². The van der Waals surface area contributed by atoms with Crippen molar-refractivity contribution in [3.05, 3.63) is 0 Å². The highest BCUT2D eigenvalue weighted by Crippen LogP contribution is 2.31. The first-order chi connectivity index (χ1) is 9.82. The van der Waals surface area contributed by atoms with E-state index in [1.807, 2.05) is 0 Å². The van der Waals surface area contributed by atoms with Crippen LogP contribution in [0.5, 0.6) is 0 Å². The van der Waals surface area contributed by atoms with E-state index in [0.717, 1.165) is 12.8 Å². The van der Waals surface area contributed by atoms with Gasteiger partial charge in [-0.1, -0.05) is 0 Å². The van der Waals surface area contributed by atoms with Gasteiger partial charge in [-0.2, -0.15) is 0 Å². The van der Waals surface area contributed by atoms with Crippen molar-refractivity contribution >= 4 is 17.9 Å². The molecular weight excluding hydrogens is 274 g/mol. The molecule has 2 saturated heterocycles. The standard InChI is InChI=1S/C14H23N3O4/c1-14(12(19)20)4-7-17(9-14)13(21)16-5-2-10(3-6-16)8-11(15)18/h10H,2-9H2,1H3,(H2,15,18)(H,19,20). The van der Waals surface area contributed by atoms with E-state index in [9.17, 15) is 19.5 Å². The zero-order chi connectivity index (χ0) is 15.6. The number of aliphatic carboxylic acids is 1. The molecule has 0 aromatic carbocycles. The summed E-state index contributed by atoms with van der Waals surface area (Å²) in [4.78, 5) is 37.9. The van der Waals surface area contributed by atoms with Gasteiger partial charge >= 0.3 is 12.0 Å². The van der Waals surface area contributed by atoms with Crippen molar-refractivity contribution in [2.24, 2.45) is 17.1 Å². The number of primary amides is 1. The van der Waals surface area contributed by atoms with Crippen LogP contribution in [0.1, 0.15) is 32.6 Å². The number of carboxylic acid groups (broad SMARTS) is 1. The second-order valence-electron chi connectivity index (χ2n) is 6.42. The monoisotopic (exact) mass is 297 g/mol. The van der Waals surface area contributed by atoms with Crippen LogP contribution in [0.15, 0.2) is 0 Å². The van der Waals surface area contributed by atoms with Crippen molar-refractivity contribution in [2.75, 3.05) is 26.2 Å². The Morgan fingerprint density at radius 3 is 2.29 bits per heavy atom. The van der Waals surface area contributed by atoms with Crippen LogP contribution in [0.3, 0.4) is 0 Å². The number of carbonyl (C=O) groups excluding carboxylic acids is 2. The molecule has 0 aromatic rings.